The number of carbonyl (C=O) groups is 1. The molecule has 1 aromatic carbocycles. The van der Waals surface area contributed by atoms with E-state index in [0.717, 1.165) is 35.2 Å². The first-order valence-electron chi connectivity index (χ1n) is 6.79. The molecule has 0 aromatic heterocycles. The lowest BCUT2D eigenvalue weighted by Gasteiger charge is -2.29. The summed E-state index contributed by atoms with van der Waals surface area (Å²) in [7, 11) is 2.15. The van der Waals surface area contributed by atoms with Gasteiger partial charge in [0, 0.05) is 11.0 Å². The first-order chi connectivity index (χ1) is 9.06. The van der Waals surface area contributed by atoms with E-state index in [2.05, 4.69) is 33.2 Å². The highest BCUT2D eigenvalue weighted by Crippen LogP contribution is 2.19. The molecule has 1 aliphatic rings. The topological polar surface area (TPSA) is 32.3 Å². The zero-order valence-electron chi connectivity index (χ0n) is 11.6. The van der Waals surface area contributed by atoms with E-state index in [4.69, 9.17) is 0 Å². The van der Waals surface area contributed by atoms with Crippen LogP contribution in [0.15, 0.2) is 22.7 Å². The molecule has 1 N–H and O–H groups in total. The normalized spacial score (nSPS) is 17.4. The number of nitrogens with zero attached hydrogens (tertiary/aromatic N) is 1. The van der Waals surface area contributed by atoms with E-state index in [1.54, 1.807) is 0 Å². The fourth-order valence-corrected chi connectivity index (χ4v) is 2.84. The van der Waals surface area contributed by atoms with Crippen molar-refractivity contribution in [1.82, 2.24) is 10.2 Å². The molecule has 2 rings (SSSR count). The van der Waals surface area contributed by atoms with Crippen LogP contribution in [0.5, 0.6) is 0 Å². The van der Waals surface area contributed by atoms with Crippen LogP contribution in [0, 0.1) is 12.8 Å². The molecule has 4 heteroatoms. The Bertz CT molecular complexity index is 453. The molecule has 0 saturated carbocycles. The van der Waals surface area contributed by atoms with Gasteiger partial charge in [0.25, 0.3) is 5.91 Å². The number of hydrogen-bond donors (Lipinski definition) is 1. The fourth-order valence-electron chi connectivity index (χ4n) is 2.41. The van der Waals surface area contributed by atoms with E-state index in [-0.39, 0.29) is 5.91 Å². The van der Waals surface area contributed by atoms with Crippen LogP contribution in [0.4, 0.5) is 0 Å². The summed E-state index contributed by atoms with van der Waals surface area (Å²) in [5.41, 5.74) is 1.83. The molecular formula is C15H21BrN2O. The van der Waals surface area contributed by atoms with Crippen molar-refractivity contribution < 1.29 is 4.79 Å². The SMILES string of the molecule is Cc1ccc(Br)c(C(=O)NCC2CCN(C)CC2)c1. The van der Waals surface area contributed by atoms with E-state index < -0.39 is 0 Å². The maximum Gasteiger partial charge on any atom is 0.252 e. The molecule has 0 bridgehead atoms. The Labute approximate surface area is 123 Å². The smallest absolute Gasteiger partial charge is 0.252 e. The van der Waals surface area contributed by atoms with Gasteiger partial charge in [0.1, 0.15) is 0 Å². The van der Waals surface area contributed by atoms with Crippen LogP contribution in [0.2, 0.25) is 0 Å². The maximum atomic E-state index is 12.2. The van der Waals surface area contributed by atoms with Gasteiger partial charge in [-0.25, -0.2) is 0 Å². The number of benzene rings is 1. The summed E-state index contributed by atoms with van der Waals surface area (Å²) < 4.78 is 0.860. The minimum absolute atomic E-state index is 0.0227. The van der Waals surface area contributed by atoms with Crippen LogP contribution in [-0.2, 0) is 0 Å². The van der Waals surface area contributed by atoms with Crippen molar-refractivity contribution in [3.63, 3.8) is 0 Å². The van der Waals surface area contributed by atoms with E-state index in [0.29, 0.717) is 5.92 Å². The standard InChI is InChI=1S/C15H21BrN2O/c1-11-3-4-14(16)13(9-11)15(19)17-10-12-5-7-18(2)8-6-12/h3-4,9,12H,5-8,10H2,1-2H3,(H,17,19). The second-order valence-electron chi connectivity index (χ2n) is 5.44. The Morgan fingerprint density at radius 1 is 1.42 bits per heavy atom. The van der Waals surface area contributed by atoms with Gasteiger partial charge >= 0.3 is 0 Å². The van der Waals surface area contributed by atoms with Gasteiger partial charge in [-0.1, -0.05) is 11.6 Å². The second kappa shape index (κ2) is 6.53. The molecule has 0 unspecified atom stereocenters. The number of aryl methyl sites for hydroxylation is 1. The summed E-state index contributed by atoms with van der Waals surface area (Å²) in [5.74, 6) is 0.637. The third-order valence-electron chi connectivity index (χ3n) is 3.76. The molecule has 0 aliphatic carbocycles. The number of rotatable bonds is 3. The molecule has 104 valence electrons. The quantitative estimate of drug-likeness (QED) is 0.927. The minimum Gasteiger partial charge on any atom is -0.352 e. The predicted octanol–water partition coefficient (Wildman–Crippen LogP) is 2.83. The van der Waals surface area contributed by atoms with Gasteiger partial charge in [0.2, 0.25) is 0 Å². The van der Waals surface area contributed by atoms with Crippen molar-refractivity contribution in [2.45, 2.75) is 19.8 Å². The third kappa shape index (κ3) is 4.05. The second-order valence-corrected chi connectivity index (χ2v) is 6.29. The maximum absolute atomic E-state index is 12.2. The van der Waals surface area contributed by atoms with Crippen LogP contribution in [0.25, 0.3) is 0 Å². The number of nitrogens with one attached hydrogen (secondary N) is 1. The van der Waals surface area contributed by atoms with Crippen LogP contribution in [-0.4, -0.2) is 37.5 Å². The average molecular weight is 325 g/mol. The molecule has 0 radical (unpaired) electrons. The number of hydrogen-bond acceptors (Lipinski definition) is 2. The van der Waals surface area contributed by atoms with Crippen molar-refractivity contribution >= 4 is 21.8 Å². The van der Waals surface area contributed by atoms with Crippen LogP contribution < -0.4 is 5.32 Å². The number of piperidine rings is 1. The Kier molecular flexibility index (Phi) is 4.99. The molecule has 1 heterocycles. The number of carbonyl (C=O) groups excluding carboxylic acids is 1. The Morgan fingerprint density at radius 3 is 2.79 bits per heavy atom. The lowest BCUT2D eigenvalue weighted by atomic mass is 9.97. The number of amides is 1. The number of likely N-dealkylation sites (tertiary alicyclic amines) is 1. The summed E-state index contributed by atoms with van der Waals surface area (Å²) in [4.78, 5) is 14.5. The molecule has 1 fully saturated rings. The zero-order chi connectivity index (χ0) is 13.8. The van der Waals surface area contributed by atoms with Gasteiger partial charge in [0.15, 0.2) is 0 Å². The Balaban J connectivity index is 1.89. The highest BCUT2D eigenvalue weighted by Gasteiger charge is 2.18. The van der Waals surface area contributed by atoms with Gasteiger partial charge in [-0.15, -0.1) is 0 Å². The zero-order valence-corrected chi connectivity index (χ0v) is 13.2. The Hall–Kier alpha value is -0.870. The van der Waals surface area contributed by atoms with Crippen LogP contribution in [0.3, 0.4) is 0 Å². The first kappa shape index (κ1) is 14.5. The van der Waals surface area contributed by atoms with E-state index in [1.165, 1.54) is 12.8 Å². The van der Waals surface area contributed by atoms with Crippen LogP contribution in [0.1, 0.15) is 28.8 Å². The highest BCUT2D eigenvalue weighted by atomic mass is 79.9. The lowest BCUT2D eigenvalue weighted by molar-refractivity contribution is 0.0938. The van der Waals surface area contributed by atoms with Gasteiger partial charge in [-0.3, -0.25) is 4.79 Å². The van der Waals surface area contributed by atoms with Gasteiger partial charge in [-0.05, 0) is 73.9 Å². The van der Waals surface area contributed by atoms with Crippen molar-refractivity contribution in [2.75, 3.05) is 26.7 Å². The Morgan fingerprint density at radius 2 is 2.11 bits per heavy atom. The van der Waals surface area contributed by atoms with Gasteiger partial charge in [-0.2, -0.15) is 0 Å². The molecule has 3 nitrogen and oxygen atoms in total. The summed E-state index contributed by atoms with van der Waals surface area (Å²) in [6.45, 7) is 5.05. The summed E-state index contributed by atoms with van der Waals surface area (Å²) in [6, 6.07) is 5.85. The average Bonchev–Trinajstić information content (AvgIpc) is 2.40. The molecule has 0 atom stereocenters. The highest BCUT2D eigenvalue weighted by molar-refractivity contribution is 9.10. The van der Waals surface area contributed by atoms with Crippen molar-refractivity contribution in [3.05, 3.63) is 33.8 Å². The molecule has 1 aromatic rings. The molecule has 1 amide bonds. The van der Waals surface area contributed by atoms with E-state index in [1.807, 2.05) is 25.1 Å². The monoisotopic (exact) mass is 324 g/mol. The molecular weight excluding hydrogens is 304 g/mol. The molecule has 0 spiro atoms. The molecule has 1 saturated heterocycles. The number of halogens is 1. The third-order valence-corrected chi connectivity index (χ3v) is 4.45. The van der Waals surface area contributed by atoms with E-state index in [9.17, 15) is 4.79 Å². The van der Waals surface area contributed by atoms with Gasteiger partial charge < -0.3 is 10.2 Å². The van der Waals surface area contributed by atoms with Crippen molar-refractivity contribution in [3.8, 4) is 0 Å². The lowest BCUT2D eigenvalue weighted by Crippen LogP contribution is -2.37. The molecule has 1 aliphatic heterocycles. The van der Waals surface area contributed by atoms with E-state index >= 15 is 0 Å². The molecule has 19 heavy (non-hydrogen) atoms. The van der Waals surface area contributed by atoms with Crippen LogP contribution >= 0.6 is 15.9 Å². The largest absolute Gasteiger partial charge is 0.352 e. The first-order valence-corrected chi connectivity index (χ1v) is 7.58. The summed E-state index contributed by atoms with van der Waals surface area (Å²) >= 11 is 3.44. The minimum atomic E-state index is 0.0227. The summed E-state index contributed by atoms with van der Waals surface area (Å²) in [6.07, 6.45) is 2.34. The fraction of sp³-hybridized carbons (Fsp3) is 0.533. The van der Waals surface area contributed by atoms with Crippen molar-refractivity contribution in [1.29, 1.82) is 0 Å². The van der Waals surface area contributed by atoms with Gasteiger partial charge in [0.05, 0.1) is 5.56 Å². The predicted molar refractivity (Wildman–Crippen MR) is 81.4 cm³/mol. The summed E-state index contributed by atoms with van der Waals surface area (Å²) in [5, 5.41) is 3.06. The van der Waals surface area contributed by atoms with Crippen molar-refractivity contribution in [2.24, 2.45) is 5.92 Å².